The van der Waals surface area contributed by atoms with Crippen LogP contribution in [0.4, 0.5) is 18.9 Å². The predicted molar refractivity (Wildman–Crippen MR) is 70.6 cm³/mol. The zero-order valence-corrected chi connectivity index (χ0v) is 10.7. The molecule has 0 saturated heterocycles. The van der Waals surface area contributed by atoms with Gasteiger partial charge in [-0.3, -0.25) is 4.79 Å². The highest BCUT2D eigenvalue weighted by molar-refractivity contribution is 6.05. The first-order valence-corrected chi connectivity index (χ1v) is 5.90. The number of halogens is 3. The minimum absolute atomic E-state index is 0.212. The van der Waals surface area contributed by atoms with Crippen LogP contribution < -0.4 is 4.90 Å². The second-order valence-corrected chi connectivity index (χ2v) is 4.27. The average molecular weight is 279 g/mol. The zero-order chi connectivity index (χ0) is 14.8. The van der Waals surface area contributed by atoms with Gasteiger partial charge in [-0.25, -0.2) is 0 Å². The molecule has 0 aromatic heterocycles. The van der Waals surface area contributed by atoms with Gasteiger partial charge in [0.15, 0.2) is 0 Å². The van der Waals surface area contributed by atoms with Gasteiger partial charge in [0, 0.05) is 18.3 Å². The highest BCUT2D eigenvalue weighted by Gasteiger charge is 2.30. The quantitative estimate of drug-likeness (QED) is 0.814. The number of rotatable bonds is 2. The van der Waals surface area contributed by atoms with Crippen molar-refractivity contribution in [1.29, 1.82) is 0 Å². The molecule has 0 atom stereocenters. The summed E-state index contributed by atoms with van der Waals surface area (Å²) in [5, 5.41) is 0. The molecule has 0 unspecified atom stereocenters. The summed E-state index contributed by atoms with van der Waals surface area (Å²) in [5.74, 6) is -0.357. The van der Waals surface area contributed by atoms with Crippen molar-refractivity contribution in [1.82, 2.24) is 0 Å². The summed E-state index contributed by atoms with van der Waals surface area (Å²) in [4.78, 5) is 13.5. The number of amides is 1. The molecule has 2 aromatic rings. The summed E-state index contributed by atoms with van der Waals surface area (Å²) in [6.45, 7) is 0. The topological polar surface area (TPSA) is 20.3 Å². The fourth-order valence-corrected chi connectivity index (χ4v) is 1.76. The number of anilines is 1. The van der Waals surface area contributed by atoms with E-state index in [4.69, 9.17) is 0 Å². The molecule has 2 rings (SSSR count). The molecule has 2 nitrogen and oxygen atoms in total. The van der Waals surface area contributed by atoms with Gasteiger partial charge in [-0.2, -0.15) is 13.2 Å². The van der Waals surface area contributed by atoms with E-state index in [1.165, 1.54) is 17.0 Å². The minimum atomic E-state index is -4.40. The maximum Gasteiger partial charge on any atom is 0.416 e. The van der Waals surface area contributed by atoms with Crippen LogP contribution in [0.3, 0.4) is 0 Å². The molecule has 0 aliphatic carbocycles. The predicted octanol–water partition coefficient (Wildman–Crippen LogP) is 3.98. The SMILES string of the molecule is CN(C(=O)c1ccc(C(F)(F)F)cc1)c1ccccc1. The van der Waals surface area contributed by atoms with Crippen LogP contribution in [0.15, 0.2) is 54.6 Å². The zero-order valence-electron chi connectivity index (χ0n) is 10.7. The molecule has 1 amide bonds. The van der Waals surface area contributed by atoms with Crippen LogP contribution in [-0.4, -0.2) is 13.0 Å². The number of alkyl halides is 3. The van der Waals surface area contributed by atoms with E-state index in [1.54, 1.807) is 31.3 Å². The normalized spacial score (nSPS) is 11.2. The molecule has 0 spiro atoms. The summed E-state index contributed by atoms with van der Waals surface area (Å²) in [6, 6.07) is 13.1. The molecule has 5 heteroatoms. The highest BCUT2D eigenvalue weighted by atomic mass is 19.4. The Bertz CT molecular complexity index is 591. The second kappa shape index (κ2) is 5.36. The maximum absolute atomic E-state index is 12.4. The Balaban J connectivity index is 2.22. The van der Waals surface area contributed by atoms with Crippen molar-refractivity contribution in [2.45, 2.75) is 6.18 Å². The van der Waals surface area contributed by atoms with E-state index in [2.05, 4.69) is 0 Å². The lowest BCUT2D eigenvalue weighted by Gasteiger charge is -2.17. The van der Waals surface area contributed by atoms with E-state index >= 15 is 0 Å². The molecule has 20 heavy (non-hydrogen) atoms. The van der Waals surface area contributed by atoms with Crippen molar-refractivity contribution < 1.29 is 18.0 Å². The van der Waals surface area contributed by atoms with Crippen molar-refractivity contribution in [3.8, 4) is 0 Å². The molecule has 0 N–H and O–H groups in total. The van der Waals surface area contributed by atoms with Crippen LogP contribution in [0, 0.1) is 0 Å². The Labute approximate surface area is 114 Å². The van der Waals surface area contributed by atoms with Crippen molar-refractivity contribution in [2.24, 2.45) is 0 Å². The molecule has 0 saturated carbocycles. The van der Waals surface area contributed by atoms with Gasteiger partial charge in [-0.05, 0) is 36.4 Å². The summed E-state index contributed by atoms with van der Waals surface area (Å²) < 4.78 is 37.3. The molecule has 104 valence electrons. The first kappa shape index (κ1) is 14.1. The Morgan fingerprint density at radius 1 is 0.950 bits per heavy atom. The van der Waals surface area contributed by atoms with Crippen LogP contribution in [0.1, 0.15) is 15.9 Å². The van der Waals surface area contributed by atoms with Gasteiger partial charge in [0.05, 0.1) is 5.56 Å². The Morgan fingerprint density at radius 2 is 1.50 bits per heavy atom. The lowest BCUT2D eigenvalue weighted by Crippen LogP contribution is -2.26. The first-order chi connectivity index (χ1) is 9.39. The van der Waals surface area contributed by atoms with Crippen LogP contribution in [0.25, 0.3) is 0 Å². The lowest BCUT2D eigenvalue weighted by atomic mass is 10.1. The third-order valence-electron chi connectivity index (χ3n) is 2.91. The summed E-state index contributed by atoms with van der Waals surface area (Å²) in [6.07, 6.45) is -4.40. The summed E-state index contributed by atoms with van der Waals surface area (Å²) in [7, 11) is 1.58. The average Bonchev–Trinajstić information content (AvgIpc) is 2.46. The maximum atomic E-state index is 12.4. The third kappa shape index (κ3) is 2.99. The van der Waals surface area contributed by atoms with Gasteiger partial charge in [-0.15, -0.1) is 0 Å². The molecular weight excluding hydrogens is 267 g/mol. The number of carbonyl (C=O) groups is 1. The number of para-hydroxylation sites is 1. The van der Waals surface area contributed by atoms with Crippen molar-refractivity contribution in [3.05, 3.63) is 65.7 Å². The van der Waals surface area contributed by atoms with Gasteiger partial charge in [-0.1, -0.05) is 18.2 Å². The van der Waals surface area contributed by atoms with Gasteiger partial charge in [0.25, 0.3) is 5.91 Å². The van der Waals surface area contributed by atoms with E-state index in [1.807, 2.05) is 6.07 Å². The molecule has 0 fully saturated rings. The molecular formula is C15H12F3NO. The standard InChI is InChI=1S/C15H12F3NO/c1-19(13-5-3-2-4-6-13)14(20)11-7-9-12(10-8-11)15(16,17)18/h2-10H,1H3. The summed E-state index contributed by atoms with van der Waals surface area (Å²) >= 11 is 0. The van der Waals surface area contributed by atoms with Gasteiger partial charge in [0.2, 0.25) is 0 Å². The molecule has 0 aliphatic rings. The van der Waals surface area contributed by atoms with E-state index < -0.39 is 11.7 Å². The third-order valence-corrected chi connectivity index (χ3v) is 2.91. The molecule has 0 bridgehead atoms. The first-order valence-electron chi connectivity index (χ1n) is 5.90. The second-order valence-electron chi connectivity index (χ2n) is 4.27. The van der Waals surface area contributed by atoms with Gasteiger partial charge < -0.3 is 4.90 Å². The smallest absolute Gasteiger partial charge is 0.311 e. The Morgan fingerprint density at radius 3 is 2.00 bits per heavy atom. The number of hydrogen-bond acceptors (Lipinski definition) is 1. The van der Waals surface area contributed by atoms with Gasteiger partial charge in [0.1, 0.15) is 0 Å². The fourth-order valence-electron chi connectivity index (χ4n) is 1.76. The molecule has 0 aliphatic heterocycles. The molecule has 0 radical (unpaired) electrons. The van der Waals surface area contributed by atoms with Crippen molar-refractivity contribution in [3.63, 3.8) is 0 Å². The molecule has 2 aromatic carbocycles. The van der Waals surface area contributed by atoms with Crippen LogP contribution in [-0.2, 0) is 6.18 Å². The van der Waals surface area contributed by atoms with E-state index in [9.17, 15) is 18.0 Å². The largest absolute Gasteiger partial charge is 0.416 e. The van der Waals surface area contributed by atoms with Crippen molar-refractivity contribution in [2.75, 3.05) is 11.9 Å². The highest BCUT2D eigenvalue weighted by Crippen LogP contribution is 2.29. The Hall–Kier alpha value is -2.30. The Kier molecular flexibility index (Phi) is 3.79. The van der Waals surface area contributed by atoms with E-state index in [0.717, 1.165) is 12.1 Å². The minimum Gasteiger partial charge on any atom is -0.311 e. The van der Waals surface area contributed by atoms with Crippen LogP contribution >= 0.6 is 0 Å². The number of hydrogen-bond donors (Lipinski definition) is 0. The van der Waals surface area contributed by atoms with Crippen LogP contribution in [0.2, 0.25) is 0 Å². The van der Waals surface area contributed by atoms with E-state index in [0.29, 0.717) is 5.69 Å². The fraction of sp³-hybridized carbons (Fsp3) is 0.133. The molecule has 0 heterocycles. The van der Waals surface area contributed by atoms with Crippen LogP contribution in [0.5, 0.6) is 0 Å². The number of carbonyl (C=O) groups excluding carboxylic acids is 1. The lowest BCUT2D eigenvalue weighted by molar-refractivity contribution is -0.137. The number of benzene rings is 2. The number of nitrogens with zero attached hydrogens (tertiary/aromatic N) is 1. The van der Waals surface area contributed by atoms with Gasteiger partial charge >= 0.3 is 6.18 Å². The van der Waals surface area contributed by atoms with Crippen molar-refractivity contribution >= 4 is 11.6 Å². The summed E-state index contributed by atoms with van der Waals surface area (Å²) in [5.41, 5.74) is 0.123. The van der Waals surface area contributed by atoms with E-state index in [-0.39, 0.29) is 11.5 Å². The monoisotopic (exact) mass is 279 g/mol.